The summed E-state index contributed by atoms with van der Waals surface area (Å²) in [5.74, 6) is 2.07. The molecule has 0 fully saturated rings. The number of rotatable bonds is 9. The van der Waals surface area contributed by atoms with E-state index < -0.39 is 0 Å². The number of carbonyl (C=O) groups excluding carboxylic acids is 2. The van der Waals surface area contributed by atoms with Crippen LogP contribution in [0.1, 0.15) is 29.8 Å². The van der Waals surface area contributed by atoms with E-state index in [1.54, 1.807) is 13.0 Å². The highest BCUT2D eigenvalue weighted by molar-refractivity contribution is 5.97. The van der Waals surface area contributed by atoms with Crippen molar-refractivity contribution < 1.29 is 38.0 Å². The second-order valence-electron chi connectivity index (χ2n) is 7.12. The summed E-state index contributed by atoms with van der Waals surface area (Å²) in [7, 11) is 5.95. The van der Waals surface area contributed by atoms with Crippen molar-refractivity contribution in [2.24, 2.45) is 5.92 Å². The van der Waals surface area contributed by atoms with Crippen molar-refractivity contribution in [2.45, 2.75) is 20.3 Å². The van der Waals surface area contributed by atoms with Crippen LogP contribution in [0.4, 0.5) is 0 Å². The van der Waals surface area contributed by atoms with E-state index in [0.717, 1.165) is 5.56 Å². The molecule has 1 atom stereocenters. The highest BCUT2D eigenvalue weighted by atomic mass is 16.7. The monoisotopic (exact) mass is 430 g/mol. The average Bonchev–Trinajstić information content (AvgIpc) is 3.24. The van der Waals surface area contributed by atoms with Crippen LogP contribution in [0.3, 0.4) is 0 Å². The first-order valence-electron chi connectivity index (χ1n) is 9.70. The smallest absolute Gasteiger partial charge is 0.231 e. The maximum Gasteiger partial charge on any atom is 0.231 e. The molecule has 166 valence electrons. The van der Waals surface area contributed by atoms with Gasteiger partial charge >= 0.3 is 0 Å². The molecule has 0 aliphatic carbocycles. The third-order valence-electron chi connectivity index (χ3n) is 5.36. The van der Waals surface area contributed by atoms with Crippen molar-refractivity contribution in [3.8, 4) is 45.6 Å². The molecule has 8 nitrogen and oxygen atoms in total. The summed E-state index contributed by atoms with van der Waals surface area (Å²) in [5.41, 5.74) is 2.08. The second-order valence-corrected chi connectivity index (χ2v) is 7.12. The Morgan fingerprint density at radius 2 is 1.68 bits per heavy atom. The third-order valence-corrected chi connectivity index (χ3v) is 5.36. The van der Waals surface area contributed by atoms with Crippen LogP contribution in [0, 0.1) is 5.92 Å². The molecule has 1 heterocycles. The molecule has 8 heteroatoms. The summed E-state index contributed by atoms with van der Waals surface area (Å²) in [4.78, 5) is 24.1. The van der Waals surface area contributed by atoms with Crippen LogP contribution in [0.5, 0.6) is 34.5 Å². The molecule has 1 aliphatic rings. The van der Waals surface area contributed by atoms with Crippen molar-refractivity contribution in [1.29, 1.82) is 0 Å². The lowest BCUT2D eigenvalue weighted by atomic mass is 9.87. The number of hydrogen-bond acceptors (Lipinski definition) is 8. The Morgan fingerprint density at radius 3 is 2.23 bits per heavy atom. The molecule has 0 saturated carbocycles. The number of methoxy groups -OCH3 is 4. The van der Waals surface area contributed by atoms with E-state index in [1.165, 1.54) is 28.4 Å². The van der Waals surface area contributed by atoms with Crippen molar-refractivity contribution in [1.82, 2.24) is 0 Å². The molecule has 1 aliphatic heterocycles. The predicted molar refractivity (Wildman–Crippen MR) is 113 cm³/mol. The molecular weight excluding hydrogens is 404 g/mol. The van der Waals surface area contributed by atoms with Gasteiger partial charge in [-0.15, -0.1) is 0 Å². The molecule has 0 radical (unpaired) electrons. The molecule has 0 aromatic heterocycles. The van der Waals surface area contributed by atoms with Gasteiger partial charge in [-0.2, -0.15) is 0 Å². The van der Waals surface area contributed by atoms with Crippen molar-refractivity contribution in [3.05, 3.63) is 23.3 Å². The van der Waals surface area contributed by atoms with E-state index in [4.69, 9.17) is 28.4 Å². The number of ketones is 1. The Bertz CT molecular complexity index is 1010. The van der Waals surface area contributed by atoms with Crippen molar-refractivity contribution in [3.63, 3.8) is 0 Å². The van der Waals surface area contributed by atoms with E-state index in [1.807, 2.05) is 13.0 Å². The van der Waals surface area contributed by atoms with Gasteiger partial charge in [0.05, 0.1) is 28.4 Å². The predicted octanol–water partition coefficient (Wildman–Crippen LogP) is 3.70. The normalized spacial score (nSPS) is 12.8. The summed E-state index contributed by atoms with van der Waals surface area (Å²) < 4.78 is 33.5. The lowest BCUT2D eigenvalue weighted by Crippen LogP contribution is -2.11. The summed E-state index contributed by atoms with van der Waals surface area (Å²) >= 11 is 0. The second kappa shape index (κ2) is 9.16. The van der Waals surface area contributed by atoms with Gasteiger partial charge in [0.2, 0.25) is 18.3 Å². The van der Waals surface area contributed by atoms with Crippen LogP contribution in [-0.2, 0) is 11.2 Å². The Kier molecular flexibility index (Phi) is 6.58. The molecule has 31 heavy (non-hydrogen) atoms. The highest BCUT2D eigenvalue weighted by Crippen LogP contribution is 2.55. The van der Waals surface area contributed by atoms with Crippen LogP contribution >= 0.6 is 0 Å². The van der Waals surface area contributed by atoms with Crippen molar-refractivity contribution in [2.75, 3.05) is 35.2 Å². The van der Waals surface area contributed by atoms with Crippen LogP contribution in [-0.4, -0.2) is 47.3 Å². The summed E-state index contributed by atoms with van der Waals surface area (Å²) in [6.45, 7) is 3.43. The summed E-state index contributed by atoms with van der Waals surface area (Å²) in [6, 6.07) is 3.39. The summed E-state index contributed by atoms with van der Waals surface area (Å²) in [5, 5.41) is 0. The lowest BCUT2D eigenvalue weighted by molar-refractivity contribution is -0.120. The number of benzene rings is 2. The molecule has 0 amide bonds. The zero-order chi connectivity index (χ0) is 22.7. The number of Topliss-reactive ketones (excluding diaryl/α,β-unsaturated/α-hetero) is 1. The largest absolute Gasteiger partial charge is 0.493 e. The van der Waals surface area contributed by atoms with Gasteiger partial charge in [0.15, 0.2) is 29.3 Å². The fraction of sp³-hybridized carbons (Fsp3) is 0.391. The first kappa shape index (κ1) is 22.3. The molecule has 2 aromatic rings. The minimum absolute atomic E-state index is 0.0393. The number of carbonyl (C=O) groups is 2. The lowest BCUT2D eigenvalue weighted by Gasteiger charge is -2.23. The number of aldehydes is 1. The van der Waals surface area contributed by atoms with Gasteiger partial charge < -0.3 is 28.4 Å². The van der Waals surface area contributed by atoms with Gasteiger partial charge in [0, 0.05) is 22.6 Å². The van der Waals surface area contributed by atoms with E-state index in [0.29, 0.717) is 63.9 Å². The quantitative estimate of drug-likeness (QED) is 0.557. The summed E-state index contributed by atoms with van der Waals surface area (Å²) in [6.07, 6.45) is 1.11. The number of fused-ring (bicyclic) bond motifs is 1. The minimum atomic E-state index is -0.269. The van der Waals surface area contributed by atoms with Crippen LogP contribution in [0.2, 0.25) is 0 Å². The molecule has 0 saturated heterocycles. The first-order chi connectivity index (χ1) is 14.9. The van der Waals surface area contributed by atoms with Crippen molar-refractivity contribution >= 4 is 12.1 Å². The van der Waals surface area contributed by atoms with E-state index in [-0.39, 0.29) is 18.5 Å². The highest BCUT2D eigenvalue weighted by Gasteiger charge is 2.32. The zero-order valence-electron chi connectivity index (χ0n) is 18.5. The van der Waals surface area contributed by atoms with Gasteiger partial charge in [-0.05, 0) is 31.0 Å². The number of ether oxygens (including phenoxy) is 6. The Hall–Kier alpha value is -3.42. The van der Waals surface area contributed by atoms with Crippen LogP contribution in [0.15, 0.2) is 12.1 Å². The third kappa shape index (κ3) is 3.85. The molecule has 2 aromatic carbocycles. The fourth-order valence-corrected chi connectivity index (χ4v) is 3.69. The van der Waals surface area contributed by atoms with Gasteiger partial charge in [0.25, 0.3) is 0 Å². The van der Waals surface area contributed by atoms with Crippen LogP contribution < -0.4 is 28.4 Å². The number of hydrogen-bond donors (Lipinski definition) is 0. The van der Waals surface area contributed by atoms with E-state index >= 15 is 0 Å². The molecule has 0 bridgehead atoms. The van der Waals surface area contributed by atoms with Gasteiger partial charge in [-0.25, -0.2) is 0 Å². The van der Waals surface area contributed by atoms with E-state index in [9.17, 15) is 9.59 Å². The standard InChI is InChI=1S/C23H26O8/c1-12(13(2)25)7-14-8-17-21(31-11-30-17)23(29-6)18(14)19-15(10-24)9-16(26-3)20(27-4)22(19)28-5/h8-10,12H,7,11H2,1-6H3/t12-/m0/s1. The molecule has 0 spiro atoms. The van der Waals surface area contributed by atoms with Gasteiger partial charge in [0.1, 0.15) is 5.78 Å². The topological polar surface area (TPSA) is 89.5 Å². The molecule has 0 N–H and O–H groups in total. The SMILES string of the molecule is COc1cc(C=O)c(-c2c(C[C@H](C)C(C)=O)cc3c(c2OC)OCO3)c(OC)c1OC. The molecule has 0 unspecified atom stereocenters. The maximum absolute atomic E-state index is 12.1. The maximum atomic E-state index is 12.1. The zero-order valence-corrected chi connectivity index (χ0v) is 18.5. The Morgan fingerprint density at radius 1 is 1.00 bits per heavy atom. The Labute approximate surface area is 181 Å². The first-order valence-corrected chi connectivity index (χ1v) is 9.70. The fourth-order valence-electron chi connectivity index (χ4n) is 3.69. The molecular formula is C23H26O8. The average molecular weight is 430 g/mol. The van der Waals surface area contributed by atoms with E-state index in [2.05, 4.69) is 0 Å². The van der Waals surface area contributed by atoms with Gasteiger partial charge in [-0.1, -0.05) is 6.92 Å². The molecule has 3 rings (SSSR count). The minimum Gasteiger partial charge on any atom is -0.493 e. The van der Waals surface area contributed by atoms with Gasteiger partial charge in [-0.3, -0.25) is 9.59 Å². The Balaban J connectivity index is 2.44. The van der Waals surface area contributed by atoms with Crippen LogP contribution in [0.25, 0.3) is 11.1 Å².